The SMILES string of the molecule is C[C@H]1CCCN1[C@H]1CCN(c2ccc(N3CCC4CCN(CC5CC5)CC4C3=O)cc2)C1. The molecule has 1 aromatic carbocycles. The molecule has 0 radical (unpaired) electrons. The minimum absolute atomic E-state index is 0.206. The summed E-state index contributed by atoms with van der Waals surface area (Å²) in [4.78, 5) is 23.4. The average Bonchev–Trinajstić information content (AvgIpc) is 3.30. The van der Waals surface area contributed by atoms with Crippen LogP contribution in [0.4, 0.5) is 11.4 Å². The van der Waals surface area contributed by atoms with Gasteiger partial charge in [0.1, 0.15) is 0 Å². The molecule has 0 aromatic heterocycles. The molecule has 1 aromatic rings. The molecule has 2 unspecified atom stereocenters. The number of carbonyl (C=O) groups excluding carboxylic acids is 1. The molecule has 0 bridgehead atoms. The maximum absolute atomic E-state index is 13.5. The van der Waals surface area contributed by atoms with Gasteiger partial charge >= 0.3 is 0 Å². The Balaban J connectivity index is 1.09. The van der Waals surface area contributed by atoms with E-state index in [1.165, 1.54) is 63.8 Å². The van der Waals surface area contributed by atoms with Crippen molar-refractivity contribution >= 4 is 17.3 Å². The van der Waals surface area contributed by atoms with Crippen molar-refractivity contribution in [1.82, 2.24) is 9.80 Å². The van der Waals surface area contributed by atoms with Gasteiger partial charge in [-0.1, -0.05) is 0 Å². The normalized spacial score (nSPS) is 34.3. The number of benzene rings is 1. The second kappa shape index (κ2) is 8.64. The first-order chi connectivity index (χ1) is 15.7. The molecule has 4 heterocycles. The van der Waals surface area contributed by atoms with Crippen LogP contribution in [-0.2, 0) is 4.79 Å². The Morgan fingerprint density at radius 1 is 0.844 bits per heavy atom. The highest BCUT2D eigenvalue weighted by molar-refractivity contribution is 5.96. The summed E-state index contributed by atoms with van der Waals surface area (Å²) >= 11 is 0. The van der Waals surface area contributed by atoms with Crippen molar-refractivity contribution in [1.29, 1.82) is 0 Å². The van der Waals surface area contributed by atoms with E-state index in [-0.39, 0.29) is 5.92 Å². The Morgan fingerprint density at radius 2 is 1.62 bits per heavy atom. The van der Waals surface area contributed by atoms with Gasteiger partial charge in [-0.3, -0.25) is 9.69 Å². The molecular formula is C27H40N4O. The Bertz CT molecular complexity index is 821. The third-order valence-corrected chi connectivity index (χ3v) is 9.12. The zero-order valence-electron chi connectivity index (χ0n) is 19.8. The summed E-state index contributed by atoms with van der Waals surface area (Å²) in [7, 11) is 0. The molecule has 0 spiro atoms. The van der Waals surface area contributed by atoms with Gasteiger partial charge in [0.2, 0.25) is 5.91 Å². The van der Waals surface area contributed by atoms with E-state index in [2.05, 4.69) is 50.8 Å². The topological polar surface area (TPSA) is 30.0 Å². The van der Waals surface area contributed by atoms with Crippen LogP contribution < -0.4 is 9.80 Å². The van der Waals surface area contributed by atoms with E-state index < -0.39 is 0 Å². The van der Waals surface area contributed by atoms with E-state index in [4.69, 9.17) is 0 Å². The van der Waals surface area contributed by atoms with Crippen molar-refractivity contribution in [2.24, 2.45) is 17.8 Å². The van der Waals surface area contributed by atoms with E-state index in [9.17, 15) is 4.79 Å². The summed E-state index contributed by atoms with van der Waals surface area (Å²) in [5.41, 5.74) is 2.42. The molecule has 1 aliphatic carbocycles. The van der Waals surface area contributed by atoms with Gasteiger partial charge in [0, 0.05) is 56.2 Å². The number of rotatable bonds is 5. The lowest BCUT2D eigenvalue weighted by molar-refractivity contribution is -0.128. The quantitative estimate of drug-likeness (QED) is 0.702. The molecule has 5 nitrogen and oxygen atoms in total. The second-order valence-electron chi connectivity index (χ2n) is 11.3. The Hall–Kier alpha value is -1.59. The number of hydrogen-bond acceptors (Lipinski definition) is 4. The van der Waals surface area contributed by atoms with Crippen LogP contribution in [0, 0.1) is 17.8 Å². The molecule has 6 rings (SSSR count). The zero-order valence-corrected chi connectivity index (χ0v) is 19.8. The predicted octanol–water partition coefficient (Wildman–Crippen LogP) is 3.83. The van der Waals surface area contributed by atoms with Gasteiger partial charge in [-0.2, -0.15) is 0 Å². The Kier molecular flexibility index (Phi) is 5.67. The number of fused-ring (bicyclic) bond motifs is 1. The molecule has 5 heteroatoms. The van der Waals surface area contributed by atoms with Crippen molar-refractivity contribution in [3.63, 3.8) is 0 Å². The highest BCUT2D eigenvalue weighted by Gasteiger charge is 2.41. The van der Waals surface area contributed by atoms with Crippen LogP contribution in [0.2, 0.25) is 0 Å². The fourth-order valence-electron chi connectivity index (χ4n) is 6.97. The number of piperidine rings is 2. The molecule has 5 aliphatic rings. The van der Waals surface area contributed by atoms with Gasteiger partial charge in [0.25, 0.3) is 0 Å². The molecule has 1 amide bonds. The molecule has 4 aliphatic heterocycles. The number of amides is 1. The summed E-state index contributed by atoms with van der Waals surface area (Å²) in [5, 5.41) is 0. The maximum Gasteiger partial charge on any atom is 0.231 e. The van der Waals surface area contributed by atoms with Crippen molar-refractivity contribution in [3.05, 3.63) is 24.3 Å². The van der Waals surface area contributed by atoms with Crippen LogP contribution in [0.25, 0.3) is 0 Å². The standard InChI is InChI=1S/C27H40N4O/c1-20-3-2-13-30(20)25-12-15-29(18-25)23-6-8-24(9-7-23)31-16-11-22-10-14-28(17-21-4-5-21)19-26(22)27(31)32/h6-9,20-22,25-26H,2-5,10-19H2,1H3/t20-,22?,25-,26?/m0/s1. The molecule has 4 saturated heterocycles. The second-order valence-corrected chi connectivity index (χ2v) is 11.3. The highest BCUT2D eigenvalue weighted by atomic mass is 16.2. The Labute approximate surface area is 193 Å². The van der Waals surface area contributed by atoms with Crippen LogP contribution >= 0.6 is 0 Å². The van der Waals surface area contributed by atoms with E-state index >= 15 is 0 Å². The molecule has 5 fully saturated rings. The molecule has 174 valence electrons. The van der Waals surface area contributed by atoms with Gasteiger partial charge in [-0.25, -0.2) is 0 Å². The summed E-state index contributed by atoms with van der Waals surface area (Å²) in [6.07, 6.45) is 9.15. The summed E-state index contributed by atoms with van der Waals surface area (Å²) in [5.74, 6) is 2.09. The number of likely N-dealkylation sites (tertiary alicyclic amines) is 2. The van der Waals surface area contributed by atoms with Crippen molar-refractivity contribution in [2.45, 2.75) is 64.0 Å². The van der Waals surface area contributed by atoms with Crippen molar-refractivity contribution < 1.29 is 4.79 Å². The van der Waals surface area contributed by atoms with E-state index in [0.29, 0.717) is 17.9 Å². The third-order valence-electron chi connectivity index (χ3n) is 9.12. The fraction of sp³-hybridized carbons (Fsp3) is 0.741. The fourth-order valence-corrected chi connectivity index (χ4v) is 6.97. The smallest absolute Gasteiger partial charge is 0.231 e. The summed E-state index contributed by atoms with van der Waals surface area (Å²) in [6.45, 7) is 10.3. The third kappa shape index (κ3) is 4.07. The van der Waals surface area contributed by atoms with E-state index in [1.807, 2.05) is 0 Å². The lowest BCUT2D eigenvalue weighted by Crippen LogP contribution is -2.53. The lowest BCUT2D eigenvalue weighted by Gasteiger charge is -2.44. The van der Waals surface area contributed by atoms with Gasteiger partial charge in [-0.15, -0.1) is 0 Å². The predicted molar refractivity (Wildman–Crippen MR) is 130 cm³/mol. The molecule has 4 atom stereocenters. The highest BCUT2D eigenvalue weighted by Crippen LogP contribution is 2.37. The molecular weight excluding hydrogens is 396 g/mol. The van der Waals surface area contributed by atoms with Crippen LogP contribution in [0.1, 0.15) is 51.9 Å². The van der Waals surface area contributed by atoms with Crippen LogP contribution in [0.3, 0.4) is 0 Å². The van der Waals surface area contributed by atoms with Gasteiger partial charge in [-0.05, 0) is 101 Å². The first kappa shape index (κ1) is 21.0. The van der Waals surface area contributed by atoms with Gasteiger partial charge in [0.05, 0.1) is 5.92 Å². The number of carbonyl (C=O) groups is 1. The van der Waals surface area contributed by atoms with Gasteiger partial charge in [0.15, 0.2) is 0 Å². The van der Waals surface area contributed by atoms with Crippen molar-refractivity contribution in [2.75, 3.05) is 55.6 Å². The summed E-state index contributed by atoms with van der Waals surface area (Å²) in [6, 6.07) is 10.4. The monoisotopic (exact) mass is 436 g/mol. The molecule has 0 N–H and O–H groups in total. The maximum atomic E-state index is 13.5. The average molecular weight is 437 g/mol. The van der Waals surface area contributed by atoms with E-state index in [1.54, 1.807) is 0 Å². The van der Waals surface area contributed by atoms with Crippen LogP contribution in [0.5, 0.6) is 0 Å². The lowest BCUT2D eigenvalue weighted by atomic mass is 9.79. The number of anilines is 2. The van der Waals surface area contributed by atoms with Crippen molar-refractivity contribution in [3.8, 4) is 0 Å². The number of nitrogens with zero attached hydrogens (tertiary/aromatic N) is 4. The summed E-state index contributed by atoms with van der Waals surface area (Å²) < 4.78 is 0. The van der Waals surface area contributed by atoms with Gasteiger partial charge < -0.3 is 14.7 Å². The minimum atomic E-state index is 0.206. The number of hydrogen-bond donors (Lipinski definition) is 0. The molecule has 1 saturated carbocycles. The minimum Gasteiger partial charge on any atom is -0.370 e. The Morgan fingerprint density at radius 3 is 2.38 bits per heavy atom. The largest absolute Gasteiger partial charge is 0.370 e. The first-order valence-electron chi connectivity index (χ1n) is 13.3. The van der Waals surface area contributed by atoms with Crippen LogP contribution in [-0.4, -0.2) is 73.6 Å². The molecule has 32 heavy (non-hydrogen) atoms. The first-order valence-corrected chi connectivity index (χ1v) is 13.3. The van der Waals surface area contributed by atoms with E-state index in [0.717, 1.165) is 50.2 Å². The van der Waals surface area contributed by atoms with Crippen LogP contribution in [0.15, 0.2) is 24.3 Å². The zero-order chi connectivity index (χ0) is 21.7.